The Labute approximate surface area is 164 Å². The highest BCUT2D eigenvalue weighted by molar-refractivity contribution is 5.97. The molecule has 0 atom stereocenters. The molecule has 0 fully saturated rings. The van der Waals surface area contributed by atoms with Gasteiger partial charge in [-0.05, 0) is 52.0 Å². The van der Waals surface area contributed by atoms with Gasteiger partial charge in [0.15, 0.2) is 5.78 Å². The van der Waals surface area contributed by atoms with E-state index in [4.69, 9.17) is 9.15 Å². The van der Waals surface area contributed by atoms with Crippen LogP contribution in [0.3, 0.4) is 0 Å². The van der Waals surface area contributed by atoms with E-state index < -0.39 is 5.97 Å². The van der Waals surface area contributed by atoms with Gasteiger partial charge in [-0.3, -0.25) is 4.79 Å². The van der Waals surface area contributed by atoms with Crippen molar-refractivity contribution < 1.29 is 18.7 Å². The highest BCUT2D eigenvalue weighted by Crippen LogP contribution is 2.25. The Balaban J connectivity index is 2.01. The smallest absolute Gasteiger partial charge is 0.343 e. The molecule has 1 heterocycles. The number of hydrogen-bond donors (Lipinski definition) is 0. The van der Waals surface area contributed by atoms with E-state index in [0.29, 0.717) is 28.4 Å². The van der Waals surface area contributed by atoms with Gasteiger partial charge in [0, 0.05) is 11.6 Å². The third-order valence-corrected chi connectivity index (χ3v) is 4.35. The van der Waals surface area contributed by atoms with E-state index in [1.807, 2.05) is 50.2 Å². The first-order valence-corrected chi connectivity index (χ1v) is 9.02. The van der Waals surface area contributed by atoms with Crippen LogP contribution in [0.5, 0.6) is 0 Å². The number of benzene rings is 2. The number of carbonyl (C=O) groups is 2. The molecule has 0 aliphatic carbocycles. The summed E-state index contributed by atoms with van der Waals surface area (Å²) >= 11 is 0. The van der Waals surface area contributed by atoms with Crippen LogP contribution in [0.25, 0.3) is 11.8 Å². The molecule has 0 aliphatic rings. The zero-order valence-corrected chi connectivity index (χ0v) is 16.4. The van der Waals surface area contributed by atoms with Gasteiger partial charge in [-0.15, -0.1) is 0 Å². The minimum atomic E-state index is -0.452. The molecule has 142 valence electrons. The Morgan fingerprint density at radius 1 is 0.893 bits per heavy atom. The number of aryl methyl sites for hydroxylation is 3. The highest BCUT2D eigenvalue weighted by atomic mass is 16.5. The zero-order chi connectivity index (χ0) is 20.3. The molecule has 4 nitrogen and oxygen atoms in total. The molecule has 3 rings (SSSR count). The molecule has 0 bridgehead atoms. The quantitative estimate of drug-likeness (QED) is 0.323. The Bertz CT molecular complexity index is 1070. The molecule has 0 amide bonds. The van der Waals surface area contributed by atoms with E-state index in [2.05, 4.69) is 0 Å². The van der Waals surface area contributed by atoms with Crippen molar-refractivity contribution in [3.05, 3.63) is 93.9 Å². The van der Waals surface area contributed by atoms with Gasteiger partial charge in [-0.25, -0.2) is 4.79 Å². The van der Waals surface area contributed by atoms with E-state index in [9.17, 15) is 9.59 Å². The fraction of sp³-hybridized carbons (Fsp3) is 0.167. The highest BCUT2D eigenvalue weighted by Gasteiger charge is 2.15. The standard InChI is InChI=1S/C24H22O4/c1-15-7-5-9-19(11-15)23(14-21-13-22(17(3)25)18(4)27-21)28-24(26)20-10-6-8-16(2)12-20/h5-14H,1-4H3/b23-14+. The van der Waals surface area contributed by atoms with Crippen molar-refractivity contribution in [3.8, 4) is 0 Å². The number of rotatable bonds is 5. The first-order chi connectivity index (χ1) is 13.3. The second-order valence-electron chi connectivity index (χ2n) is 6.81. The van der Waals surface area contributed by atoms with Crippen LogP contribution in [0.15, 0.2) is 59.0 Å². The molecule has 0 spiro atoms. The van der Waals surface area contributed by atoms with E-state index in [1.54, 1.807) is 31.2 Å². The number of furan rings is 1. The monoisotopic (exact) mass is 374 g/mol. The van der Waals surface area contributed by atoms with E-state index in [1.165, 1.54) is 6.92 Å². The lowest BCUT2D eigenvalue weighted by Crippen LogP contribution is -2.05. The molecule has 4 heteroatoms. The minimum Gasteiger partial charge on any atom is -0.461 e. The van der Waals surface area contributed by atoms with E-state index in [0.717, 1.165) is 16.7 Å². The number of esters is 1. The Kier molecular flexibility index (Phi) is 5.59. The summed E-state index contributed by atoms with van der Waals surface area (Å²) in [5.41, 5.74) is 3.75. The third-order valence-electron chi connectivity index (χ3n) is 4.35. The van der Waals surface area contributed by atoms with Crippen molar-refractivity contribution in [2.45, 2.75) is 27.7 Å². The predicted molar refractivity (Wildman–Crippen MR) is 109 cm³/mol. The predicted octanol–water partition coefficient (Wildman–Crippen LogP) is 5.76. The van der Waals surface area contributed by atoms with Crippen LogP contribution in [-0.2, 0) is 4.74 Å². The average molecular weight is 374 g/mol. The van der Waals surface area contributed by atoms with Crippen LogP contribution in [-0.4, -0.2) is 11.8 Å². The molecule has 2 aromatic carbocycles. The summed E-state index contributed by atoms with van der Waals surface area (Å²) in [6, 6.07) is 16.5. The normalized spacial score (nSPS) is 11.4. The van der Waals surface area contributed by atoms with Crippen molar-refractivity contribution >= 4 is 23.6 Å². The number of Topliss-reactive ketones (excluding diaryl/α,β-unsaturated/α-hetero) is 1. The van der Waals surface area contributed by atoms with Crippen LogP contribution < -0.4 is 0 Å². The number of hydrogen-bond acceptors (Lipinski definition) is 4. The molecule has 0 N–H and O–H groups in total. The molecular weight excluding hydrogens is 352 g/mol. The van der Waals surface area contributed by atoms with Gasteiger partial charge >= 0.3 is 5.97 Å². The van der Waals surface area contributed by atoms with Gasteiger partial charge in [0.2, 0.25) is 0 Å². The lowest BCUT2D eigenvalue weighted by Gasteiger charge is -2.10. The van der Waals surface area contributed by atoms with Crippen molar-refractivity contribution in [2.75, 3.05) is 0 Å². The molecular formula is C24H22O4. The fourth-order valence-electron chi connectivity index (χ4n) is 2.96. The minimum absolute atomic E-state index is 0.0743. The van der Waals surface area contributed by atoms with Crippen molar-refractivity contribution in [3.63, 3.8) is 0 Å². The maximum Gasteiger partial charge on any atom is 0.343 e. The van der Waals surface area contributed by atoms with Crippen molar-refractivity contribution in [1.82, 2.24) is 0 Å². The molecule has 1 aromatic heterocycles. The van der Waals surface area contributed by atoms with Crippen LogP contribution in [0.4, 0.5) is 0 Å². The van der Waals surface area contributed by atoms with E-state index in [-0.39, 0.29) is 5.78 Å². The van der Waals surface area contributed by atoms with E-state index >= 15 is 0 Å². The van der Waals surface area contributed by atoms with Gasteiger partial charge in [-0.1, -0.05) is 41.5 Å². The lowest BCUT2D eigenvalue weighted by atomic mass is 10.1. The molecule has 0 unspecified atom stereocenters. The number of ether oxygens (including phenoxy) is 1. The first-order valence-electron chi connectivity index (χ1n) is 9.02. The molecule has 3 aromatic rings. The fourth-order valence-corrected chi connectivity index (χ4v) is 2.96. The maximum absolute atomic E-state index is 12.7. The summed E-state index contributed by atoms with van der Waals surface area (Å²) in [5, 5.41) is 0. The Morgan fingerprint density at radius 2 is 1.50 bits per heavy atom. The van der Waals surface area contributed by atoms with Crippen molar-refractivity contribution in [2.24, 2.45) is 0 Å². The number of carbonyl (C=O) groups excluding carboxylic acids is 2. The van der Waals surface area contributed by atoms with Crippen LogP contribution in [0, 0.1) is 20.8 Å². The summed E-state index contributed by atoms with van der Waals surface area (Å²) < 4.78 is 11.4. The summed E-state index contributed by atoms with van der Waals surface area (Å²) in [6.45, 7) is 7.11. The van der Waals surface area contributed by atoms with Gasteiger partial charge in [0.05, 0.1) is 11.1 Å². The lowest BCUT2D eigenvalue weighted by molar-refractivity contribution is 0.0693. The van der Waals surface area contributed by atoms with Crippen LogP contribution >= 0.6 is 0 Å². The summed E-state index contributed by atoms with van der Waals surface area (Å²) in [6.07, 6.45) is 1.64. The Hall–Kier alpha value is -3.40. The molecule has 0 radical (unpaired) electrons. The van der Waals surface area contributed by atoms with Crippen molar-refractivity contribution in [1.29, 1.82) is 0 Å². The number of ketones is 1. The van der Waals surface area contributed by atoms with Gasteiger partial charge in [0.25, 0.3) is 0 Å². The Morgan fingerprint density at radius 3 is 2.07 bits per heavy atom. The third kappa shape index (κ3) is 4.46. The topological polar surface area (TPSA) is 56.5 Å². The molecule has 0 aliphatic heterocycles. The first kappa shape index (κ1) is 19.4. The van der Waals surface area contributed by atoms with Gasteiger partial charge in [0.1, 0.15) is 17.3 Å². The van der Waals surface area contributed by atoms with Crippen LogP contribution in [0.2, 0.25) is 0 Å². The maximum atomic E-state index is 12.7. The van der Waals surface area contributed by atoms with Crippen LogP contribution in [0.1, 0.15) is 55.9 Å². The summed E-state index contributed by atoms with van der Waals surface area (Å²) in [7, 11) is 0. The van der Waals surface area contributed by atoms with Gasteiger partial charge < -0.3 is 9.15 Å². The molecule has 0 saturated carbocycles. The van der Waals surface area contributed by atoms with Gasteiger partial charge in [-0.2, -0.15) is 0 Å². The second kappa shape index (κ2) is 8.09. The summed E-state index contributed by atoms with van der Waals surface area (Å²) in [4.78, 5) is 24.4. The molecule has 0 saturated heterocycles. The largest absolute Gasteiger partial charge is 0.461 e. The second-order valence-corrected chi connectivity index (χ2v) is 6.81. The summed E-state index contributed by atoms with van der Waals surface area (Å²) in [5.74, 6) is 0.823. The zero-order valence-electron chi connectivity index (χ0n) is 16.4. The average Bonchev–Trinajstić information content (AvgIpc) is 3.01. The molecule has 28 heavy (non-hydrogen) atoms. The SMILES string of the molecule is CC(=O)c1cc(/C=C(/OC(=O)c2cccc(C)c2)c2cccc(C)c2)oc1C.